The highest BCUT2D eigenvalue weighted by atomic mass is 15.3. The molecular formula is C12H16N4. The second-order valence-electron chi connectivity index (χ2n) is 4.21. The van der Waals surface area contributed by atoms with Crippen molar-refractivity contribution in [2.45, 2.75) is 33.6 Å². The first-order chi connectivity index (χ1) is 7.58. The lowest BCUT2D eigenvalue weighted by Gasteiger charge is -2.06. The summed E-state index contributed by atoms with van der Waals surface area (Å²) < 4.78 is 1.81. The first-order valence-corrected chi connectivity index (χ1v) is 5.44. The van der Waals surface area contributed by atoms with Gasteiger partial charge in [-0.05, 0) is 31.9 Å². The summed E-state index contributed by atoms with van der Waals surface area (Å²) in [6, 6.07) is 4.07. The van der Waals surface area contributed by atoms with Crippen LogP contribution in [-0.4, -0.2) is 19.7 Å². The van der Waals surface area contributed by atoms with Crippen molar-refractivity contribution in [1.82, 2.24) is 19.7 Å². The van der Waals surface area contributed by atoms with E-state index in [1.165, 1.54) is 0 Å². The van der Waals surface area contributed by atoms with E-state index >= 15 is 0 Å². The normalized spacial score (nSPS) is 11.1. The van der Waals surface area contributed by atoms with Crippen LogP contribution in [0.15, 0.2) is 18.3 Å². The van der Waals surface area contributed by atoms with Gasteiger partial charge in [-0.3, -0.25) is 4.98 Å². The van der Waals surface area contributed by atoms with E-state index in [-0.39, 0.29) is 0 Å². The van der Waals surface area contributed by atoms with Gasteiger partial charge < -0.3 is 0 Å². The van der Waals surface area contributed by atoms with Crippen molar-refractivity contribution in [3.63, 3.8) is 0 Å². The maximum absolute atomic E-state index is 4.42. The number of nitrogens with zero attached hydrogens (tertiary/aromatic N) is 4. The van der Waals surface area contributed by atoms with Crippen LogP contribution in [0.1, 0.15) is 37.1 Å². The minimum atomic E-state index is 0.452. The maximum atomic E-state index is 4.42. The molecule has 0 spiro atoms. The fourth-order valence-corrected chi connectivity index (χ4v) is 1.63. The fourth-order valence-electron chi connectivity index (χ4n) is 1.63. The minimum Gasteiger partial charge on any atom is -0.259 e. The number of pyridine rings is 1. The molecule has 0 fully saturated rings. The Hall–Kier alpha value is -1.71. The second kappa shape index (κ2) is 4.04. The quantitative estimate of drug-likeness (QED) is 0.774. The smallest absolute Gasteiger partial charge is 0.148 e. The first kappa shape index (κ1) is 10.8. The van der Waals surface area contributed by atoms with E-state index in [4.69, 9.17) is 0 Å². The molecule has 84 valence electrons. The van der Waals surface area contributed by atoms with Gasteiger partial charge >= 0.3 is 0 Å². The molecule has 0 saturated carbocycles. The summed E-state index contributed by atoms with van der Waals surface area (Å²) in [5, 5.41) is 4.32. The van der Waals surface area contributed by atoms with E-state index in [2.05, 4.69) is 28.9 Å². The number of rotatable bonds is 2. The summed E-state index contributed by atoms with van der Waals surface area (Å²) in [7, 11) is 0. The predicted octanol–water partition coefficient (Wildman–Crippen LogP) is 2.40. The van der Waals surface area contributed by atoms with E-state index in [0.29, 0.717) is 5.92 Å². The molecule has 2 aromatic rings. The molecule has 2 aromatic heterocycles. The summed E-state index contributed by atoms with van der Waals surface area (Å²) in [6.07, 6.45) is 1.84. The van der Waals surface area contributed by atoms with Gasteiger partial charge in [0.15, 0.2) is 0 Å². The summed E-state index contributed by atoms with van der Waals surface area (Å²) in [5.74, 6) is 2.12. The average Bonchev–Trinajstić information content (AvgIpc) is 2.58. The highest BCUT2D eigenvalue weighted by Gasteiger charge is 2.06. The van der Waals surface area contributed by atoms with Gasteiger partial charge in [0, 0.05) is 5.69 Å². The van der Waals surface area contributed by atoms with Crippen LogP contribution in [0.2, 0.25) is 0 Å². The zero-order valence-corrected chi connectivity index (χ0v) is 10.1. The molecule has 0 aromatic carbocycles. The van der Waals surface area contributed by atoms with Gasteiger partial charge in [0.2, 0.25) is 0 Å². The summed E-state index contributed by atoms with van der Waals surface area (Å²) >= 11 is 0. The van der Waals surface area contributed by atoms with Gasteiger partial charge in [-0.25, -0.2) is 9.67 Å². The Balaban J connectivity index is 2.38. The molecule has 2 heterocycles. The van der Waals surface area contributed by atoms with Gasteiger partial charge in [0.25, 0.3) is 0 Å². The van der Waals surface area contributed by atoms with Crippen LogP contribution in [0.5, 0.6) is 0 Å². The molecule has 4 heteroatoms. The standard InChI is InChI=1S/C12H16N4/c1-8(2)12-6-5-11(7-13-12)16-10(4)14-9(3)15-16/h5-8H,1-4H3. The third kappa shape index (κ3) is 1.96. The van der Waals surface area contributed by atoms with E-state index < -0.39 is 0 Å². The van der Waals surface area contributed by atoms with Crippen LogP contribution < -0.4 is 0 Å². The van der Waals surface area contributed by atoms with Crippen LogP contribution in [0.25, 0.3) is 5.69 Å². The number of aryl methyl sites for hydroxylation is 2. The van der Waals surface area contributed by atoms with Gasteiger partial charge in [-0.2, -0.15) is 5.10 Å². The van der Waals surface area contributed by atoms with Crippen LogP contribution in [-0.2, 0) is 0 Å². The molecule has 16 heavy (non-hydrogen) atoms. The molecule has 0 N–H and O–H groups in total. The SMILES string of the molecule is Cc1nc(C)n(-c2ccc(C(C)C)nc2)n1. The zero-order valence-electron chi connectivity index (χ0n) is 10.1. The molecule has 0 aliphatic rings. The van der Waals surface area contributed by atoms with Crippen molar-refractivity contribution < 1.29 is 0 Å². The molecular weight excluding hydrogens is 200 g/mol. The van der Waals surface area contributed by atoms with Crippen LogP contribution in [0, 0.1) is 13.8 Å². The van der Waals surface area contributed by atoms with Crippen LogP contribution >= 0.6 is 0 Å². The van der Waals surface area contributed by atoms with Crippen LogP contribution in [0.3, 0.4) is 0 Å². The van der Waals surface area contributed by atoms with Crippen molar-refractivity contribution >= 4 is 0 Å². The van der Waals surface area contributed by atoms with E-state index in [1.807, 2.05) is 36.9 Å². The van der Waals surface area contributed by atoms with Gasteiger partial charge in [0.1, 0.15) is 11.6 Å². The topological polar surface area (TPSA) is 43.6 Å². The lowest BCUT2D eigenvalue weighted by atomic mass is 10.1. The Kier molecular flexibility index (Phi) is 2.73. The van der Waals surface area contributed by atoms with Crippen LogP contribution in [0.4, 0.5) is 0 Å². The Morgan fingerprint density at radius 2 is 1.94 bits per heavy atom. The maximum Gasteiger partial charge on any atom is 0.148 e. The Morgan fingerprint density at radius 3 is 2.38 bits per heavy atom. The number of hydrogen-bond acceptors (Lipinski definition) is 3. The average molecular weight is 216 g/mol. The largest absolute Gasteiger partial charge is 0.259 e. The monoisotopic (exact) mass is 216 g/mol. The summed E-state index contributed by atoms with van der Waals surface area (Å²) in [6.45, 7) is 8.09. The third-order valence-electron chi connectivity index (χ3n) is 2.48. The molecule has 0 aliphatic heterocycles. The minimum absolute atomic E-state index is 0.452. The highest BCUT2D eigenvalue weighted by Crippen LogP contribution is 2.14. The Morgan fingerprint density at radius 1 is 1.19 bits per heavy atom. The number of hydrogen-bond donors (Lipinski definition) is 0. The van der Waals surface area contributed by atoms with Crippen molar-refractivity contribution in [2.75, 3.05) is 0 Å². The van der Waals surface area contributed by atoms with Crippen molar-refractivity contribution in [2.24, 2.45) is 0 Å². The summed E-state index contributed by atoms with van der Waals surface area (Å²) in [5.41, 5.74) is 2.06. The molecule has 0 amide bonds. The third-order valence-corrected chi connectivity index (χ3v) is 2.48. The zero-order chi connectivity index (χ0) is 11.7. The summed E-state index contributed by atoms with van der Waals surface area (Å²) in [4.78, 5) is 8.69. The lowest BCUT2D eigenvalue weighted by molar-refractivity contribution is 0.797. The van der Waals surface area contributed by atoms with Crippen molar-refractivity contribution in [3.8, 4) is 5.69 Å². The molecule has 0 radical (unpaired) electrons. The van der Waals surface area contributed by atoms with Gasteiger partial charge in [-0.15, -0.1) is 0 Å². The lowest BCUT2D eigenvalue weighted by Crippen LogP contribution is -2.01. The van der Waals surface area contributed by atoms with Gasteiger partial charge in [0.05, 0.1) is 11.9 Å². The molecule has 2 rings (SSSR count). The first-order valence-electron chi connectivity index (χ1n) is 5.44. The van der Waals surface area contributed by atoms with Crippen molar-refractivity contribution in [3.05, 3.63) is 35.7 Å². The van der Waals surface area contributed by atoms with E-state index in [1.54, 1.807) is 0 Å². The molecule has 0 atom stereocenters. The molecule has 0 bridgehead atoms. The number of aromatic nitrogens is 4. The second-order valence-corrected chi connectivity index (χ2v) is 4.21. The molecule has 4 nitrogen and oxygen atoms in total. The van der Waals surface area contributed by atoms with E-state index in [0.717, 1.165) is 23.0 Å². The van der Waals surface area contributed by atoms with Crippen molar-refractivity contribution in [1.29, 1.82) is 0 Å². The fraction of sp³-hybridized carbons (Fsp3) is 0.417. The predicted molar refractivity (Wildman–Crippen MR) is 62.7 cm³/mol. The van der Waals surface area contributed by atoms with Gasteiger partial charge in [-0.1, -0.05) is 13.8 Å². The Bertz CT molecular complexity index is 482. The van der Waals surface area contributed by atoms with E-state index in [9.17, 15) is 0 Å². The molecule has 0 saturated heterocycles. The highest BCUT2D eigenvalue weighted by molar-refractivity contribution is 5.30. The molecule has 0 unspecified atom stereocenters. The molecule has 0 aliphatic carbocycles. The Labute approximate surface area is 95.4 Å².